The second-order valence-electron chi connectivity index (χ2n) is 3.17. The molecular formula is C12H14N2. The molecule has 2 nitrogen and oxygen atoms in total. The summed E-state index contributed by atoms with van der Waals surface area (Å²) in [5.74, 6) is 0. The van der Waals surface area contributed by atoms with Crippen LogP contribution in [0.3, 0.4) is 0 Å². The summed E-state index contributed by atoms with van der Waals surface area (Å²) in [5, 5.41) is 12.0. The lowest BCUT2D eigenvalue weighted by Gasteiger charge is -2.09. The fourth-order valence-electron chi connectivity index (χ4n) is 1.20. The summed E-state index contributed by atoms with van der Waals surface area (Å²) in [6.45, 7) is 6.28. The van der Waals surface area contributed by atoms with Crippen LogP contribution in [0.4, 0.5) is 0 Å². The third-order valence-corrected chi connectivity index (χ3v) is 2.01. The molecule has 0 heterocycles. The minimum Gasteiger partial charge on any atom is -0.295 e. The highest BCUT2D eigenvalue weighted by Gasteiger charge is 2.07. The Balaban J connectivity index is 2.74. The monoisotopic (exact) mass is 186 g/mol. The van der Waals surface area contributed by atoms with Gasteiger partial charge >= 0.3 is 0 Å². The zero-order valence-electron chi connectivity index (χ0n) is 8.33. The van der Waals surface area contributed by atoms with Gasteiger partial charge in [-0.1, -0.05) is 35.9 Å². The summed E-state index contributed by atoms with van der Waals surface area (Å²) in [7, 11) is 0. The van der Waals surface area contributed by atoms with Crippen molar-refractivity contribution in [3.05, 3.63) is 48.0 Å². The van der Waals surface area contributed by atoms with Gasteiger partial charge in [0.2, 0.25) is 0 Å². The number of nitrogens with zero attached hydrogens (tertiary/aromatic N) is 1. The standard InChI is InChI=1S/C12H14N2/c1-3-8-14-12(9-13)11-6-4-10(2)5-7-11/h3-7,12,14H,1,8H2,2H3. The van der Waals surface area contributed by atoms with E-state index in [1.807, 2.05) is 31.2 Å². The van der Waals surface area contributed by atoms with E-state index < -0.39 is 0 Å². The van der Waals surface area contributed by atoms with E-state index in [4.69, 9.17) is 5.26 Å². The SMILES string of the molecule is C=CCNC(C#N)c1ccc(C)cc1. The van der Waals surface area contributed by atoms with Crippen molar-refractivity contribution in [2.75, 3.05) is 6.54 Å². The molecule has 1 unspecified atom stereocenters. The van der Waals surface area contributed by atoms with Gasteiger partial charge in [-0.2, -0.15) is 5.26 Å². The highest BCUT2D eigenvalue weighted by molar-refractivity contribution is 5.27. The van der Waals surface area contributed by atoms with Gasteiger partial charge in [0, 0.05) is 6.54 Å². The number of rotatable bonds is 4. The van der Waals surface area contributed by atoms with E-state index in [2.05, 4.69) is 18.0 Å². The van der Waals surface area contributed by atoms with E-state index in [0.717, 1.165) is 5.56 Å². The maximum Gasteiger partial charge on any atom is 0.121 e. The molecule has 0 aliphatic carbocycles. The zero-order chi connectivity index (χ0) is 10.4. The predicted molar refractivity (Wildman–Crippen MR) is 57.7 cm³/mol. The molecule has 0 aromatic heterocycles. The van der Waals surface area contributed by atoms with Crippen molar-refractivity contribution >= 4 is 0 Å². The van der Waals surface area contributed by atoms with Crippen molar-refractivity contribution < 1.29 is 0 Å². The van der Waals surface area contributed by atoms with Crippen molar-refractivity contribution in [2.45, 2.75) is 13.0 Å². The predicted octanol–water partition coefficient (Wildman–Crippen LogP) is 2.34. The molecule has 0 radical (unpaired) electrons. The highest BCUT2D eigenvalue weighted by Crippen LogP contribution is 2.12. The van der Waals surface area contributed by atoms with Crippen LogP contribution in [0.5, 0.6) is 0 Å². The first-order chi connectivity index (χ1) is 6.77. The average molecular weight is 186 g/mol. The molecule has 1 aromatic rings. The molecule has 1 aromatic carbocycles. The van der Waals surface area contributed by atoms with Gasteiger partial charge in [0.05, 0.1) is 6.07 Å². The van der Waals surface area contributed by atoms with E-state index in [9.17, 15) is 0 Å². The maximum absolute atomic E-state index is 8.93. The fourth-order valence-corrected chi connectivity index (χ4v) is 1.20. The Morgan fingerprint density at radius 3 is 2.64 bits per heavy atom. The van der Waals surface area contributed by atoms with Crippen molar-refractivity contribution in [3.8, 4) is 6.07 Å². The van der Waals surface area contributed by atoms with E-state index in [-0.39, 0.29) is 6.04 Å². The summed E-state index contributed by atoms with van der Waals surface area (Å²) >= 11 is 0. The van der Waals surface area contributed by atoms with E-state index >= 15 is 0 Å². The smallest absolute Gasteiger partial charge is 0.121 e. The first-order valence-electron chi connectivity index (χ1n) is 4.58. The number of hydrogen-bond donors (Lipinski definition) is 1. The van der Waals surface area contributed by atoms with Gasteiger partial charge in [0.15, 0.2) is 0 Å². The third kappa shape index (κ3) is 2.72. The van der Waals surface area contributed by atoms with Gasteiger partial charge in [-0.05, 0) is 12.5 Å². The maximum atomic E-state index is 8.93. The van der Waals surface area contributed by atoms with Gasteiger partial charge in [-0.3, -0.25) is 5.32 Å². The molecule has 2 heteroatoms. The third-order valence-electron chi connectivity index (χ3n) is 2.01. The lowest BCUT2D eigenvalue weighted by molar-refractivity contribution is 0.683. The summed E-state index contributed by atoms with van der Waals surface area (Å²) in [4.78, 5) is 0. The molecule has 1 atom stereocenters. The Labute approximate surface area is 84.9 Å². The quantitative estimate of drug-likeness (QED) is 0.732. The average Bonchev–Trinajstić information content (AvgIpc) is 2.21. The largest absolute Gasteiger partial charge is 0.295 e. The van der Waals surface area contributed by atoms with Gasteiger partial charge < -0.3 is 0 Å². The summed E-state index contributed by atoms with van der Waals surface area (Å²) in [6.07, 6.45) is 1.75. The number of nitriles is 1. The lowest BCUT2D eigenvalue weighted by atomic mass is 10.1. The minimum absolute atomic E-state index is 0.242. The molecule has 1 N–H and O–H groups in total. The van der Waals surface area contributed by atoms with Crippen molar-refractivity contribution in [1.29, 1.82) is 5.26 Å². The number of aryl methyl sites for hydroxylation is 1. The van der Waals surface area contributed by atoms with E-state index in [0.29, 0.717) is 6.54 Å². The number of nitrogens with one attached hydrogen (secondary N) is 1. The van der Waals surface area contributed by atoms with Gasteiger partial charge in [-0.25, -0.2) is 0 Å². The molecule has 0 saturated heterocycles. The van der Waals surface area contributed by atoms with Gasteiger partial charge in [-0.15, -0.1) is 6.58 Å². The second-order valence-corrected chi connectivity index (χ2v) is 3.17. The van der Waals surface area contributed by atoms with Crippen LogP contribution >= 0.6 is 0 Å². The number of hydrogen-bond acceptors (Lipinski definition) is 2. The molecule has 14 heavy (non-hydrogen) atoms. The van der Waals surface area contributed by atoms with E-state index in [1.165, 1.54) is 5.56 Å². The van der Waals surface area contributed by atoms with Crippen LogP contribution in [0.2, 0.25) is 0 Å². The Bertz CT molecular complexity index is 332. The van der Waals surface area contributed by atoms with Gasteiger partial charge in [0.1, 0.15) is 6.04 Å². The fraction of sp³-hybridized carbons (Fsp3) is 0.250. The van der Waals surface area contributed by atoms with Crippen LogP contribution < -0.4 is 5.32 Å². The normalized spacial score (nSPS) is 11.7. The molecular weight excluding hydrogens is 172 g/mol. The molecule has 0 spiro atoms. The number of benzene rings is 1. The summed E-state index contributed by atoms with van der Waals surface area (Å²) < 4.78 is 0. The van der Waals surface area contributed by atoms with Crippen molar-refractivity contribution in [3.63, 3.8) is 0 Å². The highest BCUT2D eigenvalue weighted by atomic mass is 14.9. The zero-order valence-corrected chi connectivity index (χ0v) is 8.33. The van der Waals surface area contributed by atoms with Crippen LogP contribution in [-0.2, 0) is 0 Å². The van der Waals surface area contributed by atoms with Crippen molar-refractivity contribution in [2.24, 2.45) is 0 Å². The molecule has 0 amide bonds. The van der Waals surface area contributed by atoms with Crippen LogP contribution in [0.1, 0.15) is 17.2 Å². The van der Waals surface area contributed by atoms with Crippen LogP contribution in [0, 0.1) is 18.3 Å². The van der Waals surface area contributed by atoms with Gasteiger partial charge in [0.25, 0.3) is 0 Å². The topological polar surface area (TPSA) is 35.8 Å². The molecule has 0 saturated carbocycles. The van der Waals surface area contributed by atoms with Crippen LogP contribution in [0.25, 0.3) is 0 Å². The van der Waals surface area contributed by atoms with Crippen LogP contribution in [0.15, 0.2) is 36.9 Å². The molecule has 0 fully saturated rings. The summed E-state index contributed by atoms with van der Waals surface area (Å²) in [6, 6.07) is 9.93. The van der Waals surface area contributed by atoms with Crippen LogP contribution in [-0.4, -0.2) is 6.54 Å². The molecule has 72 valence electrons. The molecule has 0 bridgehead atoms. The summed E-state index contributed by atoms with van der Waals surface area (Å²) in [5.41, 5.74) is 2.20. The first-order valence-corrected chi connectivity index (χ1v) is 4.58. The lowest BCUT2D eigenvalue weighted by Crippen LogP contribution is -2.19. The second kappa shape index (κ2) is 5.21. The first kappa shape index (κ1) is 10.5. The molecule has 1 rings (SSSR count). The Hall–Kier alpha value is -1.59. The Kier molecular flexibility index (Phi) is 3.90. The van der Waals surface area contributed by atoms with Crippen molar-refractivity contribution in [1.82, 2.24) is 5.32 Å². The van der Waals surface area contributed by atoms with E-state index in [1.54, 1.807) is 6.08 Å². The molecule has 0 aliphatic rings. The molecule has 0 aliphatic heterocycles. The Morgan fingerprint density at radius 1 is 1.50 bits per heavy atom. The minimum atomic E-state index is -0.242. The Morgan fingerprint density at radius 2 is 2.14 bits per heavy atom.